The molecule has 0 aliphatic heterocycles. The topological polar surface area (TPSA) is 540 Å². The number of ether oxygens (including phenoxy) is 2. The zero-order chi connectivity index (χ0) is 94.9. The summed E-state index contributed by atoms with van der Waals surface area (Å²) in [6, 6.07) is 27.3. The number of aromatic hydroxyl groups is 1. The maximum atomic E-state index is 12.9. The van der Waals surface area contributed by atoms with Crippen molar-refractivity contribution in [2.24, 2.45) is 0 Å². The molecule has 53 heteroatoms. The van der Waals surface area contributed by atoms with E-state index in [4.69, 9.17) is 59.7 Å². The van der Waals surface area contributed by atoms with Gasteiger partial charge in [0.25, 0.3) is 0 Å². The number of benzene rings is 4. The van der Waals surface area contributed by atoms with Gasteiger partial charge in [-0.25, -0.2) is 76.4 Å². The molecule has 18 rings (SSSR count). The summed E-state index contributed by atoms with van der Waals surface area (Å²) in [5.41, 5.74) is 6.49. The van der Waals surface area contributed by atoms with Crippen LogP contribution in [0.3, 0.4) is 0 Å². The molecule has 0 unspecified atom stereocenters. The molecule has 134 heavy (non-hydrogen) atoms. The van der Waals surface area contributed by atoms with Crippen molar-refractivity contribution in [1.82, 2.24) is 160 Å². The van der Waals surface area contributed by atoms with Gasteiger partial charge in [0.15, 0.2) is 44.8 Å². The highest BCUT2D eigenvalue weighted by molar-refractivity contribution is 7.90. The van der Waals surface area contributed by atoms with Crippen LogP contribution in [0.25, 0.3) is 142 Å². The summed E-state index contributed by atoms with van der Waals surface area (Å²) < 4.78 is 147. The van der Waals surface area contributed by atoms with Crippen LogP contribution in [-0.4, -0.2) is 192 Å². The number of alkyl halides is 6. The van der Waals surface area contributed by atoms with Crippen LogP contribution >= 0.6 is 23.2 Å². The molecule has 0 aliphatic rings. The third-order valence-electron chi connectivity index (χ3n) is 16.4. The number of pyridine rings is 2. The number of phenolic OH excluding ortho intramolecular Hbond substituents is 1. The van der Waals surface area contributed by atoms with Crippen LogP contribution in [0, 0.1) is 39.0 Å². The molecule has 0 atom stereocenters. The maximum absolute atomic E-state index is 12.9. The van der Waals surface area contributed by atoms with Crippen LogP contribution < -0.4 is 9.47 Å². The summed E-state index contributed by atoms with van der Waals surface area (Å²) in [6.07, 6.45) is 27.1. The molecule has 0 bridgehead atoms. The zero-order valence-corrected chi connectivity index (χ0v) is 72.2. The normalized spacial score (nSPS) is 11.7. The van der Waals surface area contributed by atoms with E-state index >= 15 is 0 Å². The Labute approximate surface area is 759 Å². The number of phenols is 1. The third kappa shape index (κ3) is 28.4. The van der Waals surface area contributed by atoms with Crippen molar-refractivity contribution in [3.05, 3.63) is 252 Å². The van der Waals surface area contributed by atoms with Crippen LogP contribution in [0.2, 0.25) is 10.3 Å². The summed E-state index contributed by atoms with van der Waals surface area (Å²) in [5, 5.41) is 87.6. The Balaban J connectivity index is 0.000000136. The molecule has 0 saturated heterocycles. The second-order valence-electron chi connectivity index (χ2n) is 27.2. The molecule has 4 aromatic carbocycles. The minimum absolute atomic E-state index is 0.00308. The van der Waals surface area contributed by atoms with E-state index in [9.17, 15) is 39.9 Å². The fraction of sp³-hybridized carbons (Fsp3) is 0.123. The van der Waals surface area contributed by atoms with Gasteiger partial charge in [-0.1, -0.05) is 23.2 Å². The SMILES string of the molecule is CC(C)Oc1cc(-c2ncn(/C=C\c3nnco3)n2)cc(Cl)n1.Cc1cc(-c2ncn(/C=C\c3nnco3)n2)cc(C(F)(F)F)c1.Cc1cc(-c2ncn(/C=C\c3nnco3)n2)cc(S(C)(=O)=O)c1.Cc1cc(C#N)cc(-c2ncn(/C=C\c3nnco3)n2)c1.Cc1cc(O)cc(-c2ncn(/C=C\c3nnco3)n2)c1.FC(F)(F)Oc1cc(-c2ncn(/C=C\c3nnco3)n2)cc(Cl)n1. The molecule has 14 heterocycles. The van der Waals surface area contributed by atoms with Gasteiger partial charge in [0.2, 0.25) is 85.5 Å². The highest BCUT2D eigenvalue weighted by atomic mass is 35.5. The van der Waals surface area contributed by atoms with Crippen molar-refractivity contribution in [2.45, 2.75) is 65.1 Å². The zero-order valence-electron chi connectivity index (χ0n) is 69.9. The Kier molecular flexibility index (Phi) is 30.4. The Morgan fingerprint density at radius 1 is 0.403 bits per heavy atom. The predicted octanol–water partition coefficient (Wildman–Crippen LogP) is 14.8. The summed E-state index contributed by atoms with van der Waals surface area (Å²) in [4.78, 5) is 32.6. The summed E-state index contributed by atoms with van der Waals surface area (Å²) in [7, 11) is -3.29. The number of nitrogens with zero attached hydrogens (tertiary/aromatic N) is 33. The fourth-order valence-electron chi connectivity index (χ4n) is 11.0. The second kappa shape index (κ2) is 43.4. The van der Waals surface area contributed by atoms with Gasteiger partial charge in [-0.05, 0) is 149 Å². The third-order valence-corrected chi connectivity index (χ3v) is 17.8. The van der Waals surface area contributed by atoms with Gasteiger partial charge in [0.1, 0.15) is 54.0 Å². The fourth-order valence-corrected chi connectivity index (χ4v) is 12.1. The van der Waals surface area contributed by atoms with Crippen molar-refractivity contribution in [1.29, 1.82) is 5.26 Å². The molecular weight excluding hydrogens is 1830 g/mol. The van der Waals surface area contributed by atoms with Gasteiger partial charge in [-0.3, -0.25) is 0 Å². The van der Waals surface area contributed by atoms with Crippen LogP contribution in [0.5, 0.6) is 17.5 Å². The average molecular weight is 1890 g/mol. The number of sulfone groups is 1. The minimum Gasteiger partial charge on any atom is -0.508 e. The first-order valence-electron chi connectivity index (χ1n) is 38.0. The number of aromatic nitrogens is 32. The van der Waals surface area contributed by atoms with Gasteiger partial charge >= 0.3 is 12.5 Å². The Morgan fingerprint density at radius 3 is 1.01 bits per heavy atom. The number of rotatable bonds is 22. The van der Waals surface area contributed by atoms with Gasteiger partial charge in [-0.15, -0.1) is 105 Å². The Morgan fingerprint density at radius 2 is 0.701 bits per heavy atom. The predicted molar refractivity (Wildman–Crippen MR) is 461 cm³/mol. The lowest BCUT2D eigenvalue weighted by atomic mass is 10.1. The lowest BCUT2D eigenvalue weighted by molar-refractivity contribution is -0.276. The molecule has 0 spiro atoms. The van der Waals surface area contributed by atoms with E-state index < -0.39 is 33.8 Å². The van der Waals surface area contributed by atoms with E-state index in [2.05, 4.69) is 142 Å². The molecule has 14 aromatic heterocycles. The number of halogens is 8. The molecular formula is C81H63Cl2F6N33O11S. The molecule has 1 N–H and O–H groups in total. The Bertz CT molecular complexity index is 7250. The number of nitriles is 1. The van der Waals surface area contributed by atoms with E-state index in [-0.39, 0.29) is 50.9 Å². The highest BCUT2D eigenvalue weighted by Gasteiger charge is 2.33. The molecule has 680 valence electrons. The number of hydrogen-bond donors (Lipinski definition) is 1. The van der Waals surface area contributed by atoms with Crippen molar-refractivity contribution in [3.8, 4) is 91.9 Å². The summed E-state index contributed by atoms with van der Waals surface area (Å²) in [6.45, 7) is 11.1. The molecule has 0 saturated carbocycles. The number of aryl methyl sites for hydroxylation is 4. The summed E-state index contributed by atoms with van der Waals surface area (Å²) >= 11 is 11.7. The maximum Gasteiger partial charge on any atom is 0.574 e. The minimum atomic E-state index is -4.88. The van der Waals surface area contributed by atoms with Gasteiger partial charge in [0.05, 0.1) is 28.2 Å². The van der Waals surface area contributed by atoms with Crippen LogP contribution in [0.4, 0.5) is 26.3 Å². The van der Waals surface area contributed by atoms with Crippen molar-refractivity contribution in [3.63, 3.8) is 0 Å². The summed E-state index contributed by atoms with van der Waals surface area (Å²) in [5.74, 6) is 4.24. The highest BCUT2D eigenvalue weighted by Crippen LogP contribution is 2.34. The molecule has 44 nitrogen and oxygen atoms in total. The van der Waals surface area contributed by atoms with E-state index in [0.717, 1.165) is 52.4 Å². The number of hydrogen-bond acceptors (Lipinski definition) is 38. The van der Waals surface area contributed by atoms with Crippen molar-refractivity contribution >= 4 is 107 Å². The average Bonchev–Trinajstić information content (AvgIpc) is 1.44. The van der Waals surface area contributed by atoms with Crippen molar-refractivity contribution in [2.75, 3.05) is 6.26 Å². The van der Waals surface area contributed by atoms with Gasteiger partial charge in [-0.2, -0.15) is 18.4 Å². The smallest absolute Gasteiger partial charge is 0.508 e. The van der Waals surface area contributed by atoms with Gasteiger partial charge < -0.3 is 41.1 Å². The first-order chi connectivity index (χ1) is 64.3. The van der Waals surface area contributed by atoms with Crippen LogP contribution in [0.1, 0.15) is 82.6 Å². The molecule has 0 radical (unpaired) electrons. The lowest BCUT2D eigenvalue weighted by Crippen LogP contribution is -2.18. The lowest BCUT2D eigenvalue weighted by Gasteiger charge is -2.09. The molecule has 0 aliphatic carbocycles. The molecule has 0 amide bonds. The van der Waals surface area contributed by atoms with Crippen molar-refractivity contribution < 1.29 is 75.8 Å². The Hall–Kier alpha value is -17.7. The van der Waals surface area contributed by atoms with E-state index in [1.165, 1.54) is 116 Å². The largest absolute Gasteiger partial charge is 0.574 e. The van der Waals surface area contributed by atoms with Gasteiger partial charge in [0, 0.05) is 125 Å². The standard InChI is InChI=1S/C14H13ClN6O2.C14H10F3N5O.C14H10N6O.C14H13N5O3S.C13H11N5O2.C12H6ClF3N6O2/c1-9(2)23-13-6-10(5-11(15)18-13)14-16-7-21(20-14)4-3-12-19-17-8-22-12;1-9-4-10(6-11(5-9)14(15,16)17)13-18-7-22(21-13)3-2-12-20-19-8-23-12;1-10-4-11(7-15)6-12(5-10)14-16-8-20(19-14)3-2-13-18-17-9-21-13;1-10-5-11(7-12(6-10)23(2,20)21)14-15-8-19(18-14)4-3-13-17-16-9-22-13;1-9-4-10(6-11(19)5-9)13-14-7-18(17-13)3-2-12-16-15-8-20-12;13-8-3-7(4-10(19-8)24-12(14,15)16)11-17-5-22(21-11)2-1-9-20-18-6-23-9/h3-9H,1-2H3;2-8H,1H3;2-6,8-9H,1H3;3-9H,1-2H3;2-8,19H,1H3;1-6H/b4-3-;2*3-2-;4-3-;3-2-;2-1-. The van der Waals surface area contributed by atoms with Crippen LogP contribution in [0.15, 0.2) is 205 Å². The quantitative estimate of drug-likeness (QED) is 0.0486. The van der Waals surface area contributed by atoms with Crippen LogP contribution in [-0.2, 0) is 16.0 Å². The first-order valence-corrected chi connectivity index (χ1v) is 40.7. The van der Waals surface area contributed by atoms with E-state index in [1.54, 1.807) is 124 Å². The monoisotopic (exact) mass is 1890 g/mol. The second-order valence-corrected chi connectivity index (χ2v) is 30.0. The van der Waals surface area contributed by atoms with E-state index in [1.807, 2.05) is 58.9 Å². The molecule has 0 fully saturated rings. The molecule has 18 aromatic rings. The van der Waals surface area contributed by atoms with E-state index in [0.29, 0.717) is 85.7 Å². The first kappa shape index (κ1) is 93.9.